The van der Waals surface area contributed by atoms with Crippen molar-refractivity contribution in [3.05, 3.63) is 63.6 Å². The number of nitriles is 1. The minimum atomic E-state index is -4.86. The molecule has 242 valence electrons. The molecule has 15 heteroatoms. The summed E-state index contributed by atoms with van der Waals surface area (Å²) >= 11 is 0. The molecule has 0 spiro atoms. The first kappa shape index (κ1) is 32.7. The number of sulfone groups is 1. The second-order valence-corrected chi connectivity index (χ2v) is 13.1. The molecule has 46 heavy (non-hydrogen) atoms. The quantitative estimate of drug-likeness (QED) is 0.267. The number of alkyl halides is 3. The fourth-order valence-corrected chi connectivity index (χ4v) is 7.96. The fraction of sp³-hybridized carbons (Fsp3) is 0.387. The normalized spacial score (nSPS) is 17.1. The lowest BCUT2D eigenvalue weighted by atomic mass is 10.1. The van der Waals surface area contributed by atoms with E-state index in [0.29, 0.717) is 23.7 Å². The predicted octanol–water partition coefficient (Wildman–Crippen LogP) is 4.92. The van der Waals surface area contributed by atoms with E-state index in [1.807, 2.05) is 6.92 Å². The number of carbonyl (C=O) groups is 1. The summed E-state index contributed by atoms with van der Waals surface area (Å²) in [4.78, 5) is 34.7. The van der Waals surface area contributed by atoms with Crippen LogP contribution in [0, 0.1) is 11.3 Å². The first-order chi connectivity index (χ1) is 21.8. The first-order valence-electron chi connectivity index (χ1n) is 14.7. The summed E-state index contributed by atoms with van der Waals surface area (Å²) in [5.41, 5.74) is -1.00. The van der Waals surface area contributed by atoms with Gasteiger partial charge in [0.2, 0.25) is 5.91 Å². The number of carbonyl (C=O) groups excluding carboxylic acids is 1. The van der Waals surface area contributed by atoms with Gasteiger partial charge in [-0.3, -0.25) is 14.3 Å². The van der Waals surface area contributed by atoms with Crippen molar-refractivity contribution >= 4 is 32.5 Å². The van der Waals surface area contributed by atoms with Crippen LogP contribution in [0.15, 0.2) is 46.1 Å². The van der Waals surface area contributed by atoms with Gasteiger partial charge in [-0.2, -0.15) is 23.5 Å². The standard InChI is InChI=1S/C31H31F3N6O5S/c1-5-8-22-27-28(39(4)38-22)30(42)37-29(36-27)20-14-19(11-12-24(20)45-7-3)46(43,44)25-15-26(41)40(23(25)6-2)18-10-9-17(16-35)21(13-18)31(32,33)34/h9-14,23,25H,5-8,15H2,1-4H3,(H,36,37,42). The van der Waals surface area contributed by atoms with Crippen molar-refractivity contribution in [2.24, 2.45) is 7.05 Å². The number of H-pyrrole nitrogens is 1. The van der Waals surface area contributed by atoms with Gasteiger partial charge in [-0.1, -0.05) is 20.3 Å². The molecule has 0 radical (unpaired) electrons. The third kappa shape index (κ3) is 5.61. The molecular formula is C31H31F3N6O5S. The topological polar surface area (TPSA) is 151 Å². The van der Waals surface area contributed by atoms with E-state index in [2.05, 4.69) is 15.1 Å². The van der Waals surface area contributed by atoms with Crippen LogP contribution in [0.4, 0.5) is 18.9 Å². The van der Waals surface area contributed by atoms with E-state index >= 15 is 0 Å². The molecule has 1 N–H and O–H groups in total. The molecule has 2 unspecified atom stereocenters. The van der Waals surface area contributed by atoms with E-state index in [4.69, 9.17) is 4.74 Å². The SMILES string of the molecule is CCCc1nn(C)c2c(=O)[nH]c(-c3cc(S(=O)(=O)C4CC(=O)N(c5ccc(C#N)c(C(F)(F)F)c5)C4CC)ccc3OCC)nc12. The fourth-order valence-electron chi connectivity index (χ4n) is 5.98. The molecule has 0 bridgehead atoms. The van der Waals surface area contributed by atoms with E-state index in [0.717, 1.165) is 17.4 Å². The molecule has 5 rings (SSSR count). The summed E-state index contributed by atoms with van der Waals surface area (Å²) in [6, 6.07) is 7.48. The van der Waals surface area contributed by atoms with Gasteiger partial charge in [-0.15, -0.1) is 0 Å². The molecule has 3 heterocycles. The lowest BCUT2D eigenvalue weighted by Crippen LogP contribution is -2.39. The van der Waals surface area contributed by atoms with Crippen molar-refractivity contribution < 1.29 is 31.1 Å². The van der Waals surface area contributed by atoms with Crippen LogP contribution in [0.3, 0.4) is 0 Å². The number of aromatic amines is 1. The van der Waals surface area contributed by atoms with E-state index in [1.54, 1.807) is 20.9 Å². The monoisotopic (exact) mass is 656 g/mol. The molecule has 2 atom stereocenters. The average Bonchev–Trinajstić information content (AvgIpc) is 3.52. The molecule has 4 aromatic rings. The molecule has 0 aliphatic carbocycles. The van der Waals surface area contributed by atoms with Crippen LogP contribution in [0.5, 0.6) is 5.75 Å². The molecule has 1 aliphatic rings. The van der Waals surface area contributed by atoms with Gasteiger partial charge in [0, 0.05) is 19.2 Å². The lowest BCUT2D eigenvalue weighted by molar-refractivity contribution is -0.137. The van der Waals surface area contributed by atoms with Gasteiger partial charge in [0.15, 0.2) is 15.4 Å². The highest BCUT2D eigenvalue weighted by Crippen LogP contribution is 2.40. The Bertz CT molecular complexity index is 2050. The zero-order valence-electron chi connectivity index (χ0n) is 25.5. The third-order valence-corrected chi connectivity index (χ3v) is 10.2. The van der Waals surface area contributed by atoms with E-state index in [9.17, 15) is 36.4 Å². The lowest BCUT2D eigenvalue weighted by Gasteiger charge is -2.28. The van der Waals surface area contributed by atoms with Gasteiger partial charge in [0.1, 0.15) is 17.1 Å². The van der Waals surface area contributed by atoms with Crippen molar-refractivity contribution in [3.63, 3.8) is 0 Å². The number of hydrogen-bond acceptors (Lipinski definition) is 8. The largest absolute Gasteiger partial charge is 0.493 e. The number of ether oxygens (including phenoxy) is 1. The Labute approximate surface area is 262 Å². The van der Waals surface area contributed by atoms with E-state index in [-0.39, 0.29) is 46.3 Å². The number of halogens is 3. The van der Waals surface area contributed by atoms with Crippen molar-refractivity contribution in [1.29, 1.82) is 5.26 Å². The highest BCUT2D eigenvalue weighted by molar-refractivity contribution is 7.92. The van der Waals surface area contributed by atoms with Crippen LogP contribution >= 0.6 is 0 Å². The number of nitrogens with one attached hydrogen (secondary N) is 1. The zero-order chi connectivity index (χ0) is 33.6. The second-order valence-electron chi connectivity index (χ2n) is 10.9. The maximum atomic E-state index is 14.2. The summed E-state index contributed by atoms with van der Waals surface area (Å²) < 4.78 is 76.7. The Morgan fingerprint density at radius 1 is 1.13 bits per heavy atom. The number of aromatic nitrogens is 4. The molecule has 2 aromatic heterocycles. The Kier molecular flexibility index (Phi) is 8.69. The van der Waals surface area contributed by atoms with Gasteiger partial charge in [-0.25, -0.2) is 13.4 Å². The third-order valence-electron chi connectivity index (χ3n) is 8.01. The number of anilines is 1. The zero-order valence-corrected chi connectivity index (χ0v) is 26.3. The summed E-state index contributed by atoms with van der Waals surface area (Å²) in [7, 11) is -2.65. The maximum absolute atomic E-state index is 14.2. The molecular weight excluding hydrogens is 625 g/mol. The molecule has 1 fully saturated rings. The summed E-state index contributed by atoms with van der Waals surface area (Å²) in [6.07, 6.45) is -3.89. The minimum Gasteiger partial charge on any atom is -0.493 e. The number of rotatable bonds is 9. The molecule has 1 saturated heterocycles. The molecule has 1 amide bonds. The number of aryl methyl sites for hydroxylation is 2. The van der Waals surface area contributed by atoms with E-state index < -0.39 is 56.3 Å². The van der Waals surface area contributed by atoms with Crippen LogP contribution < -0.4 is 15.2 Å². The highest BCUT2D eigenvalue weighted by atomic mass is 32.2. The number of nitrogens with zero attached hydrogens (tertiary/aromatic N) is 5. The molecule has 2 aromatic carbocycles. The van der Waals surface area contributed by atoms with Crippen LogP contribution in [0.25, 0.3) is 22.4 Å². The van der Waals surface area contributed by atoms with Gasteiger partial charge in [0.25, 0.3) is 5.56 Å². The van der Waals surface area contributed by atoms with Gasteiger partial charge >= 0.3 is 6.18 Å². The Hall–Kier alpha value is -4.71. The highest BCUT2D eigenvalue weighted by Gasteiger charge is 2.48. The Morgan fingerprint density at radius 3 is 2.50 bits per heavy atom. The molecule has 0 saturated carbocycles. The van der Waals surface area contributed by atoms with Crippen molar-refractivity contribution in [2.75, 3.05) is 11.5 Å². The van der Waals surface area contributed by atoms with Crippen molar-refractivity contribution in [1.82, 2.24) is 19.7 Å². The summed E-state index contributed by atoms with van der Waals surface area (Å²) in [6.45, 7) is 5.58. The van der Waals surface area contributed by atoms with Gasteiger partial charge in [-0.05, 0) is 56.2 Å². The number of hydrogen-bond donors (Lipinski definition) is 1. The first-order valence-corrected chi connectivity index (χ1v) is 16.2. The maximum Gasteiger partial charge on any atom is 0.417 e. The van der Waals surface area contributed by atoms with E-state index in [1.165, 1.54) is 35.0 Å². The summed E-state index contributed by atoms with van der Waals surface area (Å²) in [5, 5.41) is 12.3. The number of benzene rings is 2. The van der Waals surface area contributed by atoms with Crippen molar-refractivity contribution in [3.8, 4) is 23.2 Å². The average molecular weight is 657 g/mol. The van der Waals surface area contributed by atoms with Gasteiger partial charge in [0.05, 0.1) is 51.2 Å². The van der Waals surface area contributed by atoms with Crippen LogP contribution in [0.2, 0.25) is 0 Å². The van der Waals surface area contributed by atoms with Crippen LogP contribution in [-0.2, 0) is 34.3 Å². The molecule has 1 aliphatic heterocycles. The molecule has 11 nitrogen and oxygen atoms in total. The van der Waals surface area contributed by atoms with Crippen LogP contribution in [-0.4, -0.2) is 52.0 Å². The minimum absolute atomic E-state index is 0.0665. The van der Waals surface area contributed by atoms with Gasteiger partial charge < -0.3 is 14.6 Å². The predicted molar refractivity (Wildman–Crippen MR) is 163 cm³/mol. The van der Waals surface area contributed by atoms with Crippen molar-refractivity contribution in [2.45, 2.75) is 68.8 Å². The summed E-state index contributed by atoms with van der Waals surface area (Å²) in [5.74, 6) is -0.337. The smallest absolute Gasteiger partial charge is 0.417 e. The second kappa shape index (κ2) is 12.2. The number of fused-ring (bicyclic) bond motifs is 1. The Morgan fingerprint density at radius 2 is 1.87 bits per heavy atom. The number of amides is 1. The van der Waals surface area contributed by atoms with Crippen LogP contribution in [0.1, 0.15) is 56.9 Å². The Balaban J connectivity index is 1.60.